The van der Waals surface area contributed by atoms with E-state index >= 15 is 0 Å². The van der Waals surface area contributed by atoms with Crippen LogP contribution in [0.25, 0.3) is 0 Å². The zero-order chi connectivity index (χ0) is 5.86. The van der Waals surface area contributed by atoms with Gasteiger partial charge in [0.2, 0.25) is 0 Å². The van der Waals surface area contributed by atoms with E-state index in [9.17, 15) is 0 Å². The maximum atomic E-state index is 5.69. The molecule has 1 nitrogen and oxygen atoms in total. The first-order valence-electron chi connectivity index (χ1n) is 2.49. The van der Waals surface area contributed by atoms with Gasteiger partial charge < -0.3 is 5.32 Å². The molecule has 0 saturated heterocycles. The SMILES string of the molecule is CN[C@@H](Cl)C(C)C. The Hall–Kier alpha value is 0.250. The van der Waals surface area contributed by atoms with Crippen LogP contribution >= 0.6 is 11.6 Å². The van der Waals surface area contributed by atoms with E-state index in [4.69, 9.17) is 11.6 Å². The van der Waals surface area contributed by atoms with E-state index in [0.717, 1.165) is 0 Å². The Balaban J connectivity index is 3.14. The number of nitrogens with one attached hydrogen (secondary N) is 1. The van der Waals surface area contributed by atoms with Crippen molar-refractivity contribution >= 4 is 11.6 Å². The molecular formula is C5H12ClN. The van der Waals surface area contributed by atoms with Gasteiger partial charge in [0.1, 0.15) is 0 Å². The third-order valence-corrected chi connectivity index (χ3v) is 1.58. The lowest BCUT2D eigenvalue weighted by molar-refractivity contribution is 0.544. The molecule has 0 heterocycles. The van der Waals surface area contributed by atoms with Crippen LogP contribution in [-0.4, -0.2) is 12.5 Å². The van der Waals surface area contributed by atoms with Gasteiger partial charge in [-0.3, -0.25) is 0 Å². The third-order valence-electron chi connectivity index (χ3n) is 0.861. The predicted octanol–water partition coefficient (Wildman–Crippen LogP) is 1.43. The standard InChI is InChI=1S/C5H12ClN/c1-4(2)5(6)7-3/h4-5,7H,1-3H3/t5-/m1/s1. The second kappa shape index (κ2) is 3.28. The van der Waals surface area contributed by atoms with E-state index in [2.05, 4.69) is 19.2 Å². The monoisotopic (exact) mass is 121 g/mol. The number of hydrogen-bond acceptors (Lipinski definition) is 1. The van der Waals surface area contributed by atoms with Crippen LogP contribution in [0.1, 0.15) is 13.8 Å². The quantitative estimate of drug-likeness (QED) is 0.431. The van der Waals surface area contributed by atoms with Gasteiger partial charge in [0.25, 0.3) is 0 Å². The molecule has 0 aliphatic heterocycles. The van der Waals surface area contributed by atoms with Gasteiger partial charge in [0.15, 0.2) is 0 Å². The van der Waals surface area contributed by atoms with Crippen molar-refractivity contribution in [1.82, 2.24) is 5.32 Å². The topological polar surface area (TPSA) is 12.0 Å². The van der Waals surface area contributed by atoms with Crippen molar-refractivity contribution in [3.8, 4) is 0 Å². The van der Waals surface area contributed by atoms with E-state index < -0.39 is 0 Å². The molecule has 0 fully saturated rings. The minimum Gasteiger partial charge on any atom is -0.304 e. The van der Waals surface area contributed by atoms with Crippen LogP contribution in [0.2, 0.25) is 0 Å². The highest BCUT2D eigenvalue weighted by molar-refractivity contribution is 6.20. The van der Waals surface area contributed by atoms with Gasteiger partial charge in [-0.1, -0.05) is 13.8 Å². The molecule has 0 spiro atoms. The van der Waals surface area contributed by atoms with Crippen LogP contribution in [0, 0.1) is 5.92 Å². The lowest BCUT2D eigenvalue weighted by Crippen LogP contribution is -2.23. The number of alkyl halides is 1. The molecule has 2 heteroatoms. The lowest BCUT2D eigenvalue weighted by atomic mass is 10.2. The average molecular weight is 122 g/mol. The van der Waals surface area contributed by atoms with Crippen molar-refractivity contribution in [3.05, 3.63) is 0 Å². The highest BCUT2D eigenvalue weighted by Gasteiger charge is 2.03. The minimum atomic E-state index is 0.125. The van der Waals surface area contributed by atoms with E-state index in [0.29, 0.717) is 5.92 Å². The van der Waals surface area contributed by atoms with E-state index in [1.165, 1.54) is 0 Å². The molecule has 7 heavy (non-hydrogen) atoms. The summed E-state index contributed by atoms with van der Waals surface area (Å²) in [6.07, 6.45) is 0. The molecule has 0 unspecified atom stereocenters. The van der Waals surface area contributed by atoms with Crippen LogP contribution in [0.5, 0.6) is 0 Å². The Kier molecular flexibility index (Phi) is 3.39. The van der Waals surface area contributed by atoms with Crippen LogP contribution in [-0.2, 0) is 0 Å². The van der Waals surface area contributed by atoms with E-state index in [1.54, 1.807) is 0 Å². The van der Waals surface area contributed by atoms with Gasteiger partial charge in [-0.15, -0.1) is 11.6 Å². The van der Waals surface area contributed by atoms with Gasteiger partial charge in [-0.05, 0) is 13.0 Å². The highest BCUT2D eigenvalue weighted by Crippen LogP contribution is 2.03. The number of hydrogen-bond donors (Lipinski definition) is 1. The largest absolute Gasteiger partial charge is 0.304 e. The fourth-order valence-corrected chi connectivity index (χ4v) is 0.333. The van der Waals surface area contributed by atoms with Gasteiger partial charge in [-0.2, -0.15) is 0 Å². The van der Waals surface area contributed by atoms with Crippen LogP contribution in [0.4, 0.5) is 0 Å². The number of rotatable bonds is 2. The lowest BCUT2D eigenvalue weighted by Gasteiger charge is -2.09. The van der Waals surface area contributed by atoms with Gasteiger partial charge in [-0.25, -0.2) is 0 Å². The normalized spacial score (nSPS) is 15.0. The Bertz CT molecular complexity index is 45.3. The number of halogens is 1. The van der Waals surface area contributed by atoms with Gasteiger partial charge in [0.05, 0.1) is 5.50 Å². The summed E-state index contributed by atoms with van der Waals surface area (Å²) in [7, 11) is 1.86. The second-order valence-electron chi connectivity index (χ2n) is 1.93. The van der Waals surface area contributed by atoms with Crippen molar-refractivity contribution in [2.24, 2.45) is 5.92 Å². The zero-order valence-electron chi connectivity index (χ0n) is 5.03. The Morgan fingerprint density at radius 2 is 1.86 bits per heavy atom. The molecule has 1 atom stereocenters. The van der Waals surface area contributed by atoms with E-state index in [1.807, 2.05) is 7.05 Å². The minimum absolute atomic E-state index is 0.125. The Labute approximate surface area is 50.1 Å². The van der Waals surface area contributed by atoms with Crippen molar-refractivity contribution in [2.45, 2.75) is 19.3 Å². The fraction of sp³-hybridized carbons (Fsp3) is 1.00. The molecule has 1 N–H and O–H groups in total. The van der Waals surface area contributed by atoms with Crippen molar-refractivity contribution < 1.29 is 0 Å². The molecule has 0 saturated carbocycles. The smallest absolute Gasteiger partial charge is 0.0846 e. The summed E-state index contributed by atoms with van der Waals surface area (Å²) in [5.41, 5.74) is 0.125. The zero-order valence-corrected chi connectivity index (χ0v) is 5.79. The first kappa shape index (κ1) is 7.25. The molecule has 0 aromatic carbocycles. The van der Waals surface area contributed by atoms with Gasteiger partial charge >= 0.3 is 0 Å². The summed E-state index contributed by atoms with van der Waals surface area (Å²) in [6.45, 7) is 4.16. The maximum Gasteiger partial charge on any atom is 0.0846 e. The van der Waals surface area contributed by atoms with Crippen molar-refractivity contribution in [1.29, 1.82) is 0 Å². The molecular weight excluding hydrogens is 110 g/mol. The average Bonchev–Trinajstić information content (AvgIpc) is 1.65. The summed E-state index contributed by atoms with van der Waals surface area (Å²) >= 11 is 5.69. The molecule has 0 radical (unpaired) electrons. The third kappa shape index (κ3) is 2.89. The summed E-state index contributed by atoms with van der Waals surface area (Å²) in [5, 5.41) is 2.93. The first-order chi connectivity index (χ1) is 3.18. The first-order valence-corrected chi connectivity index (χ1v) is 2.93. The van der Waals surface area contributed by atoms with Crippen molar-refractivity contribution in [2.75, 3.05) is 7.05 Å². The molecule has 0 rings (SSSR count). The van der Waals surface area contributed by atoms with Crippen molar-refractivity contribution in [3.63, 3.8) is 0 Å². The molecule has 44 valence electrons. The van der Waals surface area contributed by atoms with Crippen LogP contribution in [0.3, 0.4) is 0 Å². The fourth-order valence-electron chi connectivity index (χ4n) is 0.333. The summed E-state index contributed by atoms with van der Waals surface area (Å²) in [6, 6.07) is 0. The summed E-state index contributed by atoms with van der Waals surface area (Å²) < 4.78 is 0. The van der Waals surface area contributed by atoms with Crippen LogP contribution in [0.15, 0.2) is 0 Å². The molecule has 0 aliphatic carbocycles. The Morgan fingerprint density at radius 1 is 1.43 bits per heavy atom. The highest BCUT2D eigenvalue weighted by atomic mass is 35.5. The second-order valence-corrected chi connectivity index (χ2v) is 2.40. The molecule has 0 aromatic rings. The van der Waals surface area contributed by atoms with Gasteiger partial charge in [0, 0.05) is 0 Å². The predicted molar refractivity (Wildman–Crippen MR) is 33.5 cm³/mol. The summed E-state index contributed by atoms with van der Waals surface area (Å²) in [5.74, 6) is 0.520. The summed E-state index contributed by atoms with van der Waals surface area (Å²) in [4.78, 5) is 0. The molecule has 0 aromatic heterocycles. The van der Waals surface area contributed by atoms with E-state index in [-0.39, 0.29) is 5.50 Å². The molecule has 0 amide bonds. The van der Waals surface area contributed by atoms with Crippen LogP contribution < -0.4 is 5.32 Å². The maximum absolute atomic E-state index is 5.69. The molecule has 0 aliphatic rings. The molecule has 0 bridgehead atoms. The Morgan fingerprint density at radius 3 is 1.86 bits per heavy atom.